The number of ether oxygens (including phenoxy) is 1. The molecule has 0 aliphatic heterocycles. The number of hydrogen-bond donors (Lipinski definition) is 1. The van der Waals surface area contributed by atoms with Crippen molar-refractivity contribution >= 4 is 40.4 Å². The number of hydrogen-bond acceptors (Lipinski definition) is 5. The SMILES string of the molecule is CCN(Cc1ccccc1NC(=O)c1sc(COc2ccc(Cl)cc2)nc1C)C(C)=O. The van der Waals surface area contributed by atoms with Crippen molar-refractivity contribution in [2.24, 2.45) is 0 Å². The quantitative estimate of drug-likeness (QED) is 0.498. The predicted molar refractivity (Wildman–Crippen MR) is 124 cm³/mol. The first-order valence-electron chi connectivity index (χ1n) is 9.86. The van der Waals surface area contributed by atoms with Gasteiger partial charge in [0.15, 0.2) is 0 Å². The van der Waals surface area contributed by atoms with Crippen molar-refractivity contribution in [3.8, 4) is 5.75 Å². The molecule has 2 aromatic carbocycles. The number of aromatic nitrogens is 1. The van der Waals surface area contributed by atoms with Crippen LogP contribution in [-0.2, 0) is 17.9 Å². The summed E-state index contributed by atoms with van der Waals surface area (Å²) in [5, 5.41) is 4.32. The van der Waals surface area contributed by atoms with Crippen LogP contribution in [0.3, 0.4) is 0 Å². The number of halogens is 1. The minimum atomic E-state index is -0.230. The van der Waals surface area contributed by atoms with E-state index in [0.717, 1.165) is 5.56 Å². The Labute approximate surface area is 190 Å². The highest BCUT2D eigenvalue weighted by molar-refractivity contribution is 7.13. The lowest BCUT2D eigenvalue weighted by molar-refractivity contribution is -0.129. The zero-order chi connectivity index (χ0) is 22.4. The number of aryl methyl sites for hydroxylation is 1. The van der Waals surface area contributed by atoms with Crippen molar-refractivity contribution in [2.45, 2.75) is 33.9 Å². The lowest BCUT2D eigenvalue weighted by Crippen LogP contribution is -2.28. The van der Waals surface area contributed by atoms with E-state index in [1.165, 1.54) is 11.3 Å². The molecule has 0 saturated heterocycles. The molecule has 2 amide bonds. The number of benzene rings is 2. The first kappa shape index (κ1) is 22.8. The number of rotatable bonds is 8. The second-order valence-corrected chi connectivity index (χ2v) is 8.43. The Morgan fingerprint density at radius 1 is 1.16 bits per heavy atom. The van der Waals surface area contributed by atoms with Gasteiger partial charge in [-0.25, -0.2) is 4.98 Å². The monoisotopic (exact) mass is 457 g/mol. The molecule has 3 aromatic rings. The minimum Gasteiger partial charge on any atom is -0.486 e. The molecule has 0 radical (unpaired) electrons. The van der Waals surface area contributed by atoms with Crippen LogP contribution in [-0.4, -0.2) is 28.2 Å². The van der Waals surface area contributed by atoms with Crippen molar-refractivity contribution in [3.05, 3.63) is 74.7 Å². The van der Waals surface area contributed by atoms with E-state index < -0.39 is 0 Å². The van der Waals surface area contributed by atoms with E-state index in [2.05, 4.69) is 10.3 Å². The molecule has 1 heterocycles. The Balaban J connectivity index is 1.70. The summed E-state index contributed by atoms with van der Waals surface area (Å²) in [6.45, 7) is 6.57. The molecule has 3 rings (SSSR count). The zero-order valence-corrected chi connectivity index (χ0v) is 19.2. The van der Waals surface area contributed by atoms with E-state index in [4.69, 9.17) is 16.3 Å². The maximum atomic E-state index is 12.9. The molecular formula is C23H24ClN3O3S. The number of nitrogens with one attached hydrogen (secondary N) is 1. The van der Waals surface area contributed by atoms with Gasteiger partial charge in [-0.15, -0.1) is 11.3 Å². The molecule has 6 nitrogen and oxygen atoms in total. The van der Waals surface area contributed by atoms with Crippen molar-refractivity contribution in [1.82, 2.24) is 9.88 Å². The fourth-order valence-electron chi connectivity index (χ4n) is 3.01. The molecule has 1 aromatic heterocycles. The Morgan fingerprint density at radius 2 is 1.87 bits per heavy atom. The minimum absolute atomic E-state index is 0.00717. The van der Waals surface area contributed by atoms with E-state index in [-0.39, 0.29) is 18.4 Å². The van der Waals surface area contributed by atoms with Crippen LogP contribution >= 0.6 is 22.9 Å². The van der Waals surface area contributed by atoms with Crippen molar-refractivity contribution in [3.63, 3.8) is 0 Å². The summed E-state index contributed by atoms with van der Waals surface area (Å²) in [6.07, 6.45) is 0. The molecule has 0 aliphatic rings. The average molecular weight is 458 g/mol. The van der Waals surface area contributed by atoms with Gasteiger partial charge in [-0.2, -0.15) is 0 Å². The zero-order valence-electron chi connectivity index (χ0n) is 17.6. The van der Waals surface area contributed by atoms with Crippen molar-refractivity contribution in [1.29, 1.82) is 0 Å². The lowest BCUT2D eigenvalue weighted by Gasteiger charge is -2.21. The van der Waals surface area contributed by atoms with Crippen LogP contribution in [0, 0.1) is 6.92 Å². The molecule has 0 aliphatic carbocycles. The Hall–Kier alpha value is -2.90. The first-order valence-corrected chi connectivity index (χ1v) is 11.1. The molecule has 0 spiro atoms. The first-order chi connectivity index (χ1) is 14.9. The number of anilines is 1. The molecule has 8 heteroatoms. The van der Waals surface area contributed by atoms with E-state index in [0.29, 0.717) is 45.1 Å². The van der Waals surface area contributed by atoms with Crippen LogP contribution < -0.4 is 10.1 Å². The fraction of sp³-hybridized carbons (Fsp3) is 0.261. The normalized spacial score (nSPS) is 10.6. The third kappa shape index (κ3) is 6.06. The third-order valence-corrected chi connectivity index (χ3v) is 6.06. The van der Waals surface area contributed by atoms with Crippen LogP contribution in [0.4, 0.5) is 5.69 Å². The molecule has 0 saturated carbocycles. The number of amides is 2. The number of nitrogens with zero attached hydrogens (tertiary/aromatic N) is 2. The van der Waals surface area contributed by atoms with Crippen LogP contribution in [0.25, 0.3) is 0 Å². The van der Waals surface area contributed by atoms with E-state index in [9.17, 15) is 9.59 Å². The molecule has 0 unspecified atom stereocenters. The van der Waals surface area contributed by atoms with Crippen molar-refractivity contribution < 1.29 is 14.3 Å². The van der Waals surface area contributed by atoms with E-state index >= 15 is 0 Å². The number of carbonyl (C=O) groups excluding carboxylic acids is 2. The van der Waals surface area contributed by atoms with Crippen LogP contribution in [0.5, 0.6) is 5.75 Å². The fourth-order valence-corrected chi connectivity index (χ4v) is 4.01. The van der Waals surface area contributed by atoms with Gasteiger partial charge >= 0.3 is 0 Å². The summed E-state index contributed by atoms with van der Waals surface area (Å²) in [5.74, 6) is 0.446. The largest absolute Gasteiger partial charge is 0.486 e. The second kappa shape index (κ2) is 10.4. The van der Waals surface area contributed by atoms with E-state index in [1.807, 2.05) is 31.2 Å². The van der Waals surface area contributed by atoms with Gasteiger partial charge in [-0.3, -0.25) is 9.59 Å². The molecule has 1 N–H and O–H groups in total. The van der Waals surface area contributed by atoms with Gasteiger partial charge < -0.3 is 15.0 Å². The van der Waals surface area contributed by atoms with E-state index in [1.54, 1.807) is 43.0 Å². The average Bonchev–Trinajstić information content (AvgIpc) is 3.13. The number of thiazole rings is 1. The van der Waals surface area contributed by atoms with Gasteiger partial charge in [0.05, 0.1) is 5.69 Å². The topological polar surface area (TPSA) is 71.5 Å². The smallest absolute Gasteiger partial charge is 0.267 e. The van der Waals surface area contributed by atoms with Crippen LogP contribution in [0.2, 0.25) is 5.02 Å². The van der Waals surface area contributed by atoms with Crippen LogP contribution in [0.1, 0.15) is 39.8 Å². The number of para-hydroxylation sites is 1. The molecule has 0 bridgehead atoms. The summed E-state index contributed by atoms with van der Waals surface area (Å²) >= 11 is 7.19. The standard InChI is InChI=1S/C23H24ClN3O3S/c1-4-27(16(3)28)13-17-7-5-6-8-20(17)26-23(29)22-15(2)25-21(31-22)14-30-19-11-9-18(24)10-12-19/h5-12H,4,13-14H2,1-3H3,(H,26,29). The Morgan fingerprint density at radius 3 is 2.55 bits per heavy atom. The highest BCUT2D eigenvalue weighted by atomic mass is 35.5. The van der Waals surface area contributed by atoms with Gasteiger partial charge in [0, 0.05) is 30.7 Å². The Kier molecular flexibility index (Phi) is 7.65. The second-order valence-electron chi connectivity index (χ2n) is 6.91. The molecule has 162 valence electrons. The lowest BCUT2D eigenvalue weighted by atomic mass is 10.1. The van der Waals surface area contributed by atoms with Crippen LogP contribution in [0.15, 0.2) is 48.5 Å². The maximum Gasteiger partial charge on any atom is 0.267 e. The van der Waals surface area contributed by atoms with Gasteiger partial charge in [-0.05, 0) is 49.7 Å². The summed E-state index contributed by atoms with van der Waals surface area (Å²) in [4.78, 5) is 31.4. The summed E-state index contributed by atoms with van der Waals surface area (Å²) in [6, 6.07) is 14.6. The summed E-state index contributed by atoms with van der Waals surface area (Å²) < 4.78 is 5.73. The molecule has 0 fully saturated rings. The van der Waals surface area contributed by atoms with Crippen molar-refractivity contribution in [2.75, 3.05) is 11.9 Å². The highest BCUT2D eigenvalue weighted by Gasteiger charge is 2.18. The number of carbonyl (C=O) groups is 2. The van der Waals surface area contributed by atoms with Gasteiger partial charge in [0.1, 0.15) is 22.2 Å². The third-order valence-electron chi connectivity index (χ3n) is 4.68. The Bertz CT molecular complexity index is 1070. The van der Waals surface area contributed by atoms with Gasteiger partial charge in [0.25, 0.3) is 5.91 Å². The maximum absolute atomic E-state index is 12.9. The predicted octanol–water partition coefficient (Wildman–Crippen LogP) is 5.30. The summed E-state index contributed by atoms with van der Waals surface area (Å²) in [7, 11) is 0. The molecule has 0 atom stereocenters. The highest BCUT2D eigenvalue weighted by Crippen LogP contribution is 2.24. The molecular weight excluding hydrogens is 434 g/mol. The van der Waals surface area contributed by atoms with Gasteiger partial charge in [-0.1, -0.05) is 29.8 Å². The molecule has 31 heavy (non-hydrogen) atoms. The van der Waals surface area contributed by atoms with Gasteiger partial charge in [0.2, 0.25) is 5.91 Å². The summed E-state index contributed by atoms with van der Waals surface area (Å²) in [5.41, 5.74) is 2.20.